The molecule has 1 N–H and O–H groups in total. The van der Waals surface area contributed by atoms with Crippen LogP contribution in [-0.2, 0) is 17.9 Å². The second-order valence-corrected chi connectivity index (χ2v) is 8.23. The number of carbonyl (C=O) groups is 1. The van der Waals surface area contributed by atoms with Gasteiger partial charge in [-0.2, -0.15) is 0 Å². The van der Waals surface area contributed by atoms with E-state index in [1.807, 2.05) is 11.9 Å². The Morgan fingerprint density at radius 1 is 1.10 bits per heavy atom. The third-order valence-electron chi connectivity index (χ3n) is 6.38. The van der Waals surface area contributed by atoms with Crippen molar-refractivity contribution in [3.8, 4) is 0 Å². The number of aliphatic imine (C=N–C) groups is 1. The topological polar surface area (TPSA) is 51.2 Å². The largest absolute Gasteiger partial charge is 0.356 e. The first-order chi connectivity index (χ1) is 13.7. The van der Waals surface area contributed by atoms with Gasteiger partial charge < -0.3 is 15.1 Å². The molecule has 1 aromatic carbocycles. The molecule has 7 heteroatoms. The van der Waals surface area contributed by atoms with Crippen LogP contribution in [0.2, 0.25) is 0 Å². The van der Waals surface area contributed by atoms with Crippen LogP contribution >= 0.6 is 24.0 Å². The van der Waals surface area contributed by atoms with Gasteiger partial charge in [-0.05, 0) is 49.9 Å². The van der Waals surface area contributed by atoms with E-state index in [9.17, 15) is 4.79 Å². The lowest BCUT2D eigenvalue weighted by molar-refractivity contribution is -0.131. The van der Waals surface area contributed by atoms with Gasteiger partial charge in [0.1, 0.15) is 0 Å². The predicted octanol–water partition coefficient (Wildman–Crippen LogP) is 2.67. The SMILES string of the molecule is CN=C(NCCCC(=O)N1Cc2ccccc2C1)N1CCC(N2CCCC2)C1.I. The Labute approximate surface area is 191 Å². The first kappa shape index (κ1) is 22.3. The molecule has 1 amide bonds. The fourth-order valence-corrected chi connectivity index (χ4v) is 4.78. The van der Waals surface area contributed by atoms with E-state index in [-0.39, 0.29) is 29.9 Å². The minimum atomic E-state index is 0. The van der Waals surface area contributed by atoms with E-state index >= 15 is 0 Å². The van der Waals surface area contributed by atoms with Crippen LogP contribution in [0, 0.1) is 0 Å². The lowest BCUT2D eigenvalue weighted by Crippen LogP contribution is -2.43. The zero-order valence-electron chi connectivity index (χ0n) is 17.5. The van der Waals surface area contributed by atoms with Gasteiger partial charge in [-0.25, -0.2) is 0 Å². The number of fused-ring (bicyclic) bond motifs is 1. The van der Waals surface area contributed by atoms with Crippen LogP contribution in [0.3, 0.4) is 0 Å². The molecule has 0 radical (unpaired) electrons. The fraction of sp³-hybridized carbons (Fsp3) is 0.636. The first-order valence-electron chi connectivity index (χ1n) is 10.8. The van der Waals surface area contributed by atoms with Crippen LogP contribution in [0.4, 0.5) is 0 Å². The molecule has 1 unspecified atom stereocenters. The highest BCUT2D eigenvalue weighted by Gasteiger charge is 2.30. The Morgan fingerprint density at radius 3 is 2.45 bits per heavy atom. The van der Waals surface area contributed by atoms with Gasteiger partial charge in [-0.1, -0.05) is 24.3 Å². The van der Waals surface area contributed by atoms with Crippen molar-refractivity contribution in [2.45, 2.75) is 51.2 Å². The lowest BCUT2D eigenvalue weighted by atomic mass is 10.1. The number of halogens is 1. The van der Waals surface area contributed by atoms with Gasteiger partial charge >= 0.3 is 0 Å². The molecule has 6 nitrogen and oxygen atoms in total. The fourth-order valence-electron chi connectivity index (χ4n) is 4.78. The third-order valence-corrected chi connectivity index (χ3v) is 6.38. The first-order valence-corrected chi connectivity index (χ1v) is 10.8. The number of nitrogens with zero attached hydrogens (tertiary/aromatic N) is 4. The van der Waals surface area contributed by atoms with Crippen molar-refractivity contribution in [3.63, 3.8) is 0 Å². The van der Waals surface area contributed by atoms with E-state index < -0.39 is 0 Å². The van der Waals surface area contributed by atoms with Crippen molar-refractivity contribution in [2.75, 3.05) is 39.8 Å². The van der Waals surface area contributed by atoms with Crippen molar-refractivity contribution in [1.29, 1.82) is 0 Å². The summed E-state index contributed by atoms with van der Waals surface area (Å²) in [5, 5.41) is 3.47. The molecular formula is C22H34IN5O. The average Bonchev–Trinajstić information content (AvgIpc) is 3.47. The summed E-state index contributed by atoms with van der Waals surface area (Å²) in [5.41, 5.74) is 2.58. The van der Waals surface area contributed by atoms with E-state index in [0.29, 0.717) is 12.5 Å². The normalized spacial score (nSPS) is 22.0. The van der Waals surface area contributed by atoms with Crippen molar-refractivity contribution in [3.05, 3.63) is 35.4 Å². The van der Waals surface area contributed by atoms with Crippen LogP contribution in [0.15, 0.2) is 29.3 Å². The summed E-state index contributed by atoms with van der Waals surface area (Å²) in [6.07, 6.45) is 5.36. The molecule has 160 valence electrons. The molecule has 1 aromatic rings. The Hall–Kier alpha value is -1.35. The van der Waals surface area contributed by atoms with E-state index in [1.54, 1.807) is 0 Å². The van der Waals surface area contributed by atoms with Crippen LogP contribution < -0.4 is 5.32 Å². The number of rotatable bonds is 5. The maximum atomic E-state index is 12.5. The zero-order chi connectivity index (χ0) is 19.3. The number of nitrogens with one attached hydrogen (secondary N) is 1. The highest BCUT2D eigenvalue weighted by Crippen LogP contribution is 2.23. The number of likely N-dealkylation sites (tertiary alicyclic amines) is 2. The standard InChI is InChI=1S/C22H33N5O.HI/c1-23-22(26-14-10-20(17-26)25-12-4-5-13-25)24-11-6-9-21(28)27-15-18-7-2-3-8-19(18)16-27;/h2-3,7-8,20H,4-6,9-17H2,1H3,(H,23,24);1H. The Morgan fingerprint density at radius 2 is 1.79 bits per heavy atom. The molecule has 0 aromatic heterocycles. The van der Waals surface area contributed by atoms with Crippen LogP contribution in [-0.4, -0.2) is 72.4 Å². The van der Waals surface area contributed by atoms with Crippen LogP contribution in [0.5, 0.6) is 0 Å². The summed E-state index contributed by atoms with van der Waals surface area (Å²) in [7, 11) is 1.86. The Kier molecular flexibility index (Phi) is 8.17. The second-order valence-electron chi connectivity index (χ2n) is 8.23. The van der Waals surface area contributed by atoms with E-state index in [2.05, 4.69) is 44.4 Å². The minimum Gasteiger partial charge on any atom is -0.356 e. The van der Waals surface area contributed by atoms with Crippen molar-refractivity contribution >= 4 is 35.8 Å². The van der Waals surface area contributed by atoms with Crippen molar-refractivity contribution < 1.29 is 4.79 Å². The summed E-state index contributed by atoms with van der Waals surface area (Å²) in [6.45, 7) is 6.98. The number of guanidine groups is 1. The second kappa shape index (κ2) is 10.6. The van der Waals surface area contributed by atoms with Gasteiger partial charge in [-0.3, -0.25) is 14.7 Å². The predicted molar refractivity (Wildman–Crippen MR) is 127 cm³/mol. The smallest absolute Gasteiger partial charge is 0.223 e. The molecule has 3 aliphatic heterocycles. The maximum absolute atomic E-state index is 12.5. The number of hydrogen-bond donors (Lipinski definition) is 1. The van der Waals surface area contributed by atoms with Crippen LogP contribution in [0.1, 0.15) is 43.2 Å². The van der Waals surface area contributed by atoms with Crippen LogP contribution in [0.25, 0.3) is 0 Å². The van der Waals surface area contributed by atoms with Gasteiger partial charge in [-0.15, -0.1) is 24.0 Å². The summed E-state index contributed by atoms with van der Waals surface area (Å²) >= 11 is 0. The summed E-state index contributed by atoms with van der Waals surface area (Å²) in [5.74, 6) is 1.24. The van der Waals surface area contributed by atoms with Gasteiger partial charge in [0, 0.05) is 52.2 Å². The van der Waals surface area contributed by atoms with Gasteiger partial charge in [0.15, 0.2) is 5.96 Å². The lowest BCUT2D eigenvalue weighted by Gasteiger charge is -2.25. The molecule has 2 fully saturated rings. The molecule has 0 aliphatic carbocycles. The molecule has 29 heavy (non-hydrogen) atoms. The average molecular weight is 511 g/mol. The highest BCUT2D eigenvalue weighted by atomic mass is 127. The number of amides is 1. The summed E-state index contributed by atoms with van der Waals surface area (Å²) < 4.78 is 0. The number of hydrogen-bond acceptors (Lipinski definition) is 3. The Balaban J connectivity index is 0.00000240. The van der Waals surface area contributed by atoms with Gasteiger partial charge in [0.05, 0.1) is 0 Å². The molecule has 0 spiro atoms. The monoisotopic (exact) mass is 511 g/mol. The maximum Gasteiger partial charge on any atom is 0.223 e. The quantitative estimate of drug-likeness (QED) is 0.286. The van der Waals surface area contributed by atoms with Gasteiger partial charge in [0.25, 0.3) is 0 Å². The highest BCUT2D eigenvalue weighted by molar-refractivity contribution is 14.0. The molecule has 2 saturated heterocycles. The summed E-state index contributed by atoms with van der Waals surface area (Å²) in [4.78, 5) is 24.0. The molecule has 1 atom stereocenters. The Bertz CT molecular complexity index is 694. The van der Waals surface area contributed by atoms with E-state index in [1.165, 1.54) is 43.5 Å². The van der Waals surface area contributed by atoms with E-state index in [0.717, 1.165) is 45.1 Å². The van der Waals surface area contributed by atoms with Crippen molar-refractivity contribution in [1.82, 2.24) is 20.0 Å². The molecule has 0 bridgehead atoms. The molecule has 4 rings (SSSR count). The molecule has 0 saturated carbocycles. The van der Waals surface area contributed by atoms with Gasteiger partial charge in [0.2, 0.25) is 5.91 Å². The molecule has 3 aliphatic rings. The molecular weight excluding hydrogens is 477 g/mol. The summed E-state index contributed by atoms with van der Waals surface area (Å²) in [6, 6.07) is 9.03. The van der Waals surface area contributed by atoms with E-state index in [4.69, 9.17) is 0 Å². The molecule has 3 heterocycles. The number of carbonyl (C=O) groups excluding carboxylic acids is 1. The minimum absolute atomic E-state index is 0. The third kappa shape index (κ3) is 5.42. The number of benzene rings is 1. The van der Waals surface area contributed by atoms with Crippen molar-refractivity contribution in [2.24, 2.45) is 4.99 Å². The zero-order valence-corrected chi connectivity index (χ0v) is 19.8.